The lowest BCUT2D eigenvalue weighted by Crippen LogP contribution is -2.53. The van der Waals surface area contributed by atoms with Gasteiger partial charge in [0.15, 0.2) is 0 Å². The first-order chi connectivity index (χ1) is 29.0. The molecule has 6 heteroatoms. The van der Waals surface area contributed by atoms with Crippen molar-refractivity contribution < 1.29 is 25.2 Å². The van der Waals surface area contributed by atoms with Crippen molar-refractivity contribution in [3.8, 4) is 0 Å². The van der Waals surface area contributed by atoms with Gasteiger partial charge in [0, 0.05) is 0 Å². The monoisotopic (exact) mass is 838 g/mol. The number of unbranched alkanes of at least 4 members (excludes halogenated alkanes) is 41. The molecule has 0 radical (unpaired) electrons. The quantitative estimate of drug-likeness (QED) is 0.0392. The second-order valence-electron chi connectivity index (χ2n) is 18.9. The molecule has 0 aromatic heterocycles. The van der Waals surface area contributed by atoms with Gasteiger partial charge in [0.25, 0.3) is 0 Å². The van der Waals surface area contributed by atoms with Crippen LogP contribution in [-0.4, -0.2) is 57.3 Å². The Bertz CT molecular complexity index is 811. The summed E-state index contributed by atoms with van der Waals surface area (Å²) in [7, 11) is 0. The summed E-state index contributed by atoms with van der Waals surface area (Å²) in [5.41, 5.74) is 0. The molecule has 0 fully saturated rings. The van der Waals surface area contributed by atoms with Gasteiger partial charge in [-0.1, -0.05) is 290 Å². The highest BCUT2D eigenvalue weighted by molar-refractivity contribution is 5.80. The second kappa shape index (κ2) is 48.3. The highest BCUT2D eigenvalue weighted by Gasteiger charge is 2.28. The zero-order chi connectivity index (χ0) is 43.1. The standard InChI is InChI=1S/C53H107NO5/c1-3-5-7-9-11-13-15-17-19-21-23-24-25-26-27-29-31-33-35-37-39-41-43-45-47-51(57)53(59)54-49(48-55)52(58)50(56)46-44-42-40-38-36-34-32-30-28-22-20-18-16-14-12-10-8-6-4-2/h49-52,55-58H,3-48H2,1-2H3,(H,54,59). The van der Waals surface area contributed by atoms with E-state index in [-0.39, 0.29) is 0 Å². The summed E-state index contributed by atoms with van der Waals surface area (Å²) in [5, 5.41) is 44.0. The SMILES string of the molecule is CCCCCCCCCCCCCCCCCCCCCCCCCCC(O)C(=O)NC(CO)C(O)C(O)CCCCCCCCCCCCCCCCCCCCC. The Morgan fingerprint density at radius 2 is 0.576 bits per heavy atom. The van der Waals surface area contributed by atoms with Gasteiger partial charge in [-0.05, 0) is 12.8 Å². The Hall–Kier alpha value is -0.690. The van der Waals surface area contributed by atoms with Crippen LogP contribution in [0.5, 0.6) is 0 Å². The summed E-state index contributed by atoms with van der Waals surface area (Å²) in [6.45, 7) is 4.09. The molecule has 5 N–H and O–H groups in total. The molecule has 1 amide bonds. The third-order valence-corrected chi connectivity index (χ3v) is 13.1. The van der Waals surface area contributed by atoms with Crippen molar-refractivity contribution in [1.82, 2.24) is 5.32 Å². The van der Waals surface area contributed by atoms with E-state index in [0.717, 1.165) is 38.5 Å². The van der Waals surface area contributed by atoms with E-state index in [0.29, 0.717) is 12.8 Å². The zero-order valence-corrected chi connectivity index (χ0v) is 40.0. The minimum Gasteiger partial charge on any atom is -0.394 e. The number of hydrogen-bond donors (Lipinski definition) is 5. The molecule has 0 aromatic carbocycles. The molecule has 0 spiro atoms. The first kappa shape index (κ1) is 58.3. The minimum absolute atomic E-state index is 0.376. The van der Waals surface area contributed by atoms with Crippen molar-refractivity contribution in [2.75, 3.05) is 6.61 Å². The lowest BCUT2D eigenvalue weighted by molar-refractivity contribution is -0.132. The maximum Gasteiger partial charge on any atom is 0.249 e. The molecule has 0 aliphatic heterocycles. The van der Waals surface area contributed by atoms with Crippen LogP contribution in [0.25, 0.3) is 0 Å². The molecule has 59 heavy (non-hydrogen) atoms. The zero-order valence-electron chi connectivity index (χ0n) is 40.0. The van der Waals surface area contributed by atoms with E-state index in [1.807, 2.05) is 0 Å². The van der Waals surface area contributed by atoms with Crippen molar-refractivity contribution >= 4 is 5.91 Å². The van der Waals surface area contributed by atoms with E-state index in [1.54, 1.807) is 0 Å². The first-order valence-corrected chi connectivity index (χ1v) is 26.9. The van der Waals surface area contributed by atoms with Crippen LogP contribution in [0, 0.1) is 0 Å². The minimum atomic E-state index is -1.25. The van der Waals surface area contributed by atoms with Gasteiger partial charge in [-0.3, -0.25) is 4.79 Å². The van der Waals surface area contributed by atoms with Gasteiger partial charge in [-0.2, -0.15) is 0 Å². The predicted octanol–water partition coefficient (Wildman–Crippen LogP) is 15.1. The lowest BCUT2D eigenvalue weighted by Gasteiger charge is -2.27. The number of carbonyl (C=O) groups is 1. The Kier molecular flexibility index (Phi) is 47.8. The van der Waals surface area contributed by atoms with Crippen molar-refractivity contribution in [2.45, 2.75) is 327 Å². The van der Waals surface area contributed by atoms with E-state index >= 15 is 0 Å². The highest BCUT2D eigenvalue weighted by atomic mass is 16.3. The van der Waals surface area contributed by atoms with Gasteiger partial charge >= 0.3 is 0 Å². The number of carbonyl (C=O) groups excluding carboxylic acids is 1. The van der Waals surface area contributed by atoms with Gasteiger partial charge in [0.2, 0.25) is 5.91 Å². The van der Waals surface area contributed by atoms with Crippen LogP contribution in [0.3, 0.4) is 0 Å². The molecule has 0 rings (SSSR count). The molecule has 4 atom stereocenters. The summed E-state index contributed by atoms with van der Waals surface area (Å²) in [6, 6.07) is -0.980. The maximum atomic E-state index is 12.6. The Morgan fingerprint density at radius 3 is 0.814 bits per heavy atom. The van der Waals surface area contributed by atoms with Crippen LogP contribution >= 0.6 is 0 Å². The Balaban J connectivity index is 3.60. The largest absolute Gasteiger partial charge is 0.394 e. The van der Waals surface area contributed by atoms with Gasteiger partial charge in [0.05, 0.1) is 18.8 Å². The van der Waals surface area contributed by atoms with Crippen LogP contribution in [0.15, 0.2) is 0 Å². The summed E-state index contributed by atoms with van der Waals surface area (Å²) in [5.74, 6) is -0.576. The maximum absolute atomic E-state index is 12.6. The van der Waals surface area contributed by atoms with Gasteiger partial charge in [-0.25, -0.2) is 0 Å². The molecule has 0 heterocycles. The number of aliphatic hydroxyl groups excluding tert-OH is 4. The summed E-state index contributed by atoms with van der Waals surface area (Å²) < 4.78 is 0. The van der Waals surface area contributed by atoms with E-state index in [2.05, 4.69) is 19.2 Å². The average Bonchev–Trinajstić information content (AvgIpc) is 3.24. The van der Waals surface area contributed by atoms with Gasteiger partial charge < -0.3 is 25.7 Å². The summed E-state index contributed by atoms with van der Waals surface area (Å²) in [6.07, 6.45) is 54.4. The van der Waals surface area contributed by atoms with Crippen LogP contribution < -0.4 is 5.32 Å². The van der Waals surface area contributed by atoms with Crippen LogP contribution in [0.4, 0.5) is 0 Å². The van der Waals surface area contributed by atoms with Crippen molar-refractivity contribution in [3.05, 3.63) is 0 Å². The molecule has 0 bridgehead atoms. The number of hydrogen-bond acceptors (Lipinski definition) is 5. The van der Waals surface area contributed by atoms with E-state index < -0.39 is 36.9 Å². The van der Waals surface area contributed by atoms with Crippen LogP contribution in [-0.2, 0) is 4.79 Å². The van der Waals surface area contributed by atoms with Crippen molar-refractivity contribution in [1.29, 1.82) is 0 Å². The molecular weight excluding hydrogens is 731 g/mol. The van der Waals surface area contributed by atoms with Crippen molar-refractivity contribution in [3.63, 3.8) is 0 Å². The normalized spacial score (nSPS) is 13.8. The Labute approximate surface area is 369 Å². The van der Waals surface area contributed by atoms with Crippen LogP contribution in [0.1, 0.15) is 303 Å². The number of rotatable bonds is 50. The molecule has 0 aliphatic carbocycles. The molecular formula is C53H107NO5. The molecule has 354 valence electrons. The second-order valence-corrected chi connectivity index (χ2v) is 18.9. The van der Waals surface area contributed by atoms with Crippen LogP contribution in [0.2, 0.25) is 0 Å². The van der Waals surface area contributed by atoms with E-state index in [1.165, 1.54) is 238 Å². The fourth-order valence-corrected chi connectivity index (χ4v) is 8.82. The molecule has 0 saturated carbocycles. The molecule has 6 nitrogen and oxygen atoms in total. The molecule has 0 aromatic rings. The first-order valence-electron chi connectivity index (χ1n) is 26.9. The van der Waals surface area contributed by atoms with Gasteiger partial charge in [0.1, 0.15) is 12.2 Å². The average molecular weight is 838 g/mol. The Morgan fingerprint density at radius 1 is 0.356 bits per heavy atom. The summed E-state index contributed by atoms with van der Waals surface area (Å²) >= 11 is 0. The molecule has 0 saturated heterocycles. The summed E-state index contributed by atoms with van der Waals surface area (Å²) in [4.78, 5) is 12.6. The van der Waals surface area contributed by atoms with E-state index in [4.69, 9.17) is 0 Å². The predicted molar refractivity (Wildman–Crippen MR) is 256 cm³/mol. The lowest BCUT2D eigenvalue weighted by atomic mass is 9.99. The van der Waals surface area contributed by atoms with E-state index in [9.17, 15) is 25.2 Å². The third-order valence-electron chi connectivity index (χ3n) is 13.1. The third kappa shape index (κ3) is 42.4. The molecule has 4 unspecified atom stereocenters. The van der Waals surface area contributed by atoms with Crippen molar-refractivity contribution in [2.24, 2.45) is 0 Å². The molecule has 0 aliphatic rings. The smallest absolute Gasteiger partial charge is 0.249 e. The fourth-order valence-electron chi connectivity index (χ4n) is 8.82. The van der Waals surface area contributed by atoms with Gasteiger partial charge in [-0.15, -0.1) is 0 Å². The fraction of sp³-hybridized carbons (Fsp3) is 0.981. The number of aliphatic hydroxyl groups is 4. The number of amides is 1. The topological polar surface area (TPSA) is 110 Å². The highest BCUT2D eigenvalue weighted by Crippen LogP contribution is 2.18. The number of nitrogens with one attached hydrogen (secondary N) is 1.